The van der Waals surface area contributed by atoms with Crippen LogP contribution in [0.1, 0.15) is 62.7 Å². The normalized spacial score (nSPS) is 10.7. The van der Waals surface area contributed by atoms with E-state index in [-0.39, 0.29) is 5.78 Å². The van der Waals surface area contributed by atoms with Crippen molar-refractivity contribution in [1.29, 1.82) is 0 Å². The molecule has 0 fully saturated rings. The molecule has 2 aromatic rings. The van der Waals surface area contributed by atoms with E-state index in [1.165, 1.54) is 32.1 Å². The molecule has 0 saturated heterocycles. The van der Waals surface area contributed by atoms with Gasteiger partial charge in [0.15, 0.2) is 5.78 Å². The molecule has 0 atom stereocenters. The van der Waals surface area contributed by atoms with Crippen LogP contribution in [0.5, 0.6) is 5.75 Å². The molecule has 0 aliphatic rings. The molecule has 2 aromatic carbocycles. The van der Waals surface area contributed by atoms with Gasteiger partial charge in [0.1, 0.15) is 5.75 Å². The van der Waals surface area contributed by atoms with Crippen LogP contribution in [0.25, 0.3) is 0 Å². The van der Waals surface area contributed by atoms with Crippen molar-refractivity contribution in [2.24, 2.45) is 0 Å². The highest BCUT2D eigenvalue weighted by Gasteiger charge is 2.06. The largest absolute Gasteiger partial charge is 0.492 e. The van der Waals surface area contributed by atoms with Crippen LogP contribution in [-0.2, 0) is 0 Å². The average molecular weight is 391 g/mol. The summed E-state index contributed by atoms with van der Waals surface area (Å²) in [5.74, 6) is 0.827. The Morgan fingerprint density at radius 3 is 2.27 bits per heavy atom. The molecule has 0 aliphatic heterocycles. The Bertz CT molecular complexity index is 698. The summed E-state index contributed by atoms with van der Waals surface area (Å²) in [6, 6.07) is 13.5. The standard InChI is InChI=1S/C22H27ClO2S/c1-3-4-5-6-7-8-15-25-22-14-13-20(16-21(22)23)26-19-11-9-18(10-12-19)17(2)24/h9-14,16H,3-8,15H2,1-2H3. The number of hydrogen-bond acceptors (Lipinski definition) is 3. The first-order valence-corrected chi connectivity index (χ1v) is 10.5. The fourth-order valence-electron chi connectivity index (χ4n) is 2.62. The van der Waals surface area contributed by atoms with Gasteiger partial charge in [-0.25, -0.2) is 0 Å². The van der Waals surface area contributed by atoms with Crippen molar-refractivity contribution in [3.8, 4) is 5.75 Å². The number of ketones is 1. The van der Waals surface area contributed by atoms with Gasteiger partial charge in [-0.05, 0) is 43.7 Å². The van der Waals surface area contributed by atoms with Crippen molar-refractivity contribution >= 4 is 29.1 Å². The second-order valence-electron chi connectivity index (χ2n) is 6.39. The van der Waals surface area contributed by atoms with Gasteiger partial charge < -0.3 is 4.74 Å². The maximum atomic E-state index is 11.3. The highest BCUT2D eigenvalue weighted by Crippen LogP contribution is 2.34. The predicted molar refractivity (Wildman–Crippen MR) is 111 cm³/mol. The summed E-state index contributed by atoms with van der Waals surface area (Å²) in [6.45, 7) is 4.52. The van der Waals surface area contributed by atoms with Gasteiger partial charge in [-0.1, -0.05) is 74.5 Å². The first-order valence-electron chi connectivity index (χ1n) is 9.31. The Morgan fingerprint density at radius 2 is 1.62 bits per heavy atom. The summed E-state index contributed by atoms with van der Waals surface area (Å²) >= 11 is 7.98. The molecule has 0 heterocycles. The van der Waals surface area contributed by atoms with E-state index in [1.807, 2.05) is 42.5 Å². The van der Waals surface area contributed by atoms with Crippen molar-refractivity contribution < 1.29 is 9.53 Å². The van der Waals surface area contributed by atoms with E-state index in [4.69, 9.17) is 16.3 Å². The lowest BCUT2D eigenvalue weighted by molar-refractivity contribution is 0.101. The minimum Gasteiger partial charge on any atom is -0.492 e. The summed E-state index contributed by atoms with van der Waals surface area (Å²) in [7, 11) is 0. The summed E-state index contributed by atoms with van der Waals surface area (Å²) in [5, 5.41) is 0.640. The number of carbonyl (C=O) groups excluding carboxylic acids is 1. The van der Waals surface area contributed by atoms with Crippen LogP contribution in [0.3, 0.4) is 0 Å². The maximum absolute atomic E-state index is 11.3. The molecule has 0 N–H and O–H groups in total. The minimum absolute atomic E-state index is 0.0801. The van der Waals surface area contributed by atoms with E-state index >= 15 is 0 Å². The Morgan fingerprint density at radius 1 is 0.962 bits per heavy atom. The van der Waals surface area contributed by atoms with Crippen LogP contribution in [0.15, 0.2) is 52.3 Å². The Kier molecular flexibility index (Phi) is 9.07. The van der Waals surface area contributed by atoms with Gasteiger partial charge in [-0.3, -0.25) is 4.79 Å². The van der Waals surface area contributed by atoms with Crippen molar-refractivity contribution in [2.75, 3.05) is 6.61 Å². The van der Waals surface area contributed by atoms with Crippen molar-refractivity contribution in [3.05, 3.63) is 53.1 Å². The number of hydrogen-bond donors (Lipinski definition) is 0. The van der Waals surface area contributed by atoms with Gasteiger partial charge >= 0.3 is 0 Å². The third-order valence-corrected chi connectivity index (χ3v) is 5.45. The number of rotatable bonds is 11. The van der Waals surface area contributed by atoms with E-state index in [9.17, 15) is 4.79 Å². The van der Waals surface area contributed by atoms with Gasteiger partial charge in [-0.15, -0.1) is 0 Å². The summed E-state index contributed by atoms with van der Waals surface area (Å²) in [4.78, 5) is 13.5. The van der Waals surface area contributed by atoms with E-state index < -0.39 is 0 Å². The molecule has 4 heteroatoms. The molecule has 0 saturated carbocycles. The molecule has 26 heavy (non-hydrogen) atoms. The van der Waals surface area contributed by atoms with Crippen LogP contribution in [0.2, 0.25) is 5.02 Å². The molecule has 0 unspecified atom stereocenters. The van der Waals surface area contributed by atoms with Gasteiger partial charge in [-0.2, -0.15) is 0 Å². The van der Waals surface area contributed by atoms with Crippen LogP contribution in [0, 0.1) is 0 Å². The van der Waals surface area contributed by atoms with E-state index in [2.05, 4.69) is 6.92 Å². The summed E-state index contributed by atoms with van der Waals surface area (Å²) in [6.07, 6.45) is 7.47. The molecule has 0 radical (unpaired) electrons. The number of halogens is 1. The van der Waals surface area contributed by atoms with Gasteiger partial charge in [0, 0.05) is 15.4 Å². The Labute approximate surface area is 166 Å². The third-order valence-electron chi connectivity index (χ3n) is 4.16. The summed E-state index contributed by atoms with van der Waals surface area (Å²) in [5.41, 5.74) is 0.728. The highest BCUT2D eigenvalue weighted by atomic mass is 35.5. The second kappa shape index (κ2) is 11.3. The predicted octanol–water partition coefficient (Wildman–Crippen LogP) is 7.43. The fourth-order valence-corrected chi connectivity index (χ4v) is 3.78. The number of ether oxygens (including phenoxy) is 1. The molecule has 0 spiro atoms. The molecule has 140 valence electrons. The zero-order chi connectivity index (χ0) is 18.8. The smallest absolute Gasteiger partial charge is 0.159 e. The number of unbranched alkanes of at least 4 members (excludes halogenated alkanes) is 5. The average Bonchev–Trinajstić information content (AvgIpc) is 2.63. The number of carbonyl (C=O) groups is 1. The zero-order valence-electron chi connectivity index (χ0n) is 15.6. The van der Waals surface area contributed by atoms with E-state index in [1.54, 1.807) is 18.7 Å². The lowest BCUT2D eigenvalue weighted by Crippen LogP contribution is -1.98. The fraction of sp³-hybridized carbons (Fsp3) is 0.409. The molecule has 0 aliphatic carbocycles. The first kappa shape index (κ1) is 20.9. The number of Topliss-reactive ketones (excluding diaryl/α,β-unsaturated/α-hetero) is 1. The molecule has 0 aromatic heterocycles. The number of benzene rings is 2. The molecule has 2 nitrogen and oxygen atoms in total. The zero-order valence-corrected chi connectivity index (χ0v) is 17.2. The Hall–Kier alpha value is -1.45. The van der Waals surface area contributed by atoms with Crippen LogP contribution in [-0.4, -0.2) is 12.4 Å². The highest BCUT2D eigenvalue weighted by molar-refractivity contribution is 7.99. The lowest BCUT2D eigenvalue weighted by Gasteiger charge is -2.10. The van der Waals surface area contributed by atoms with Crippen LogP contribution < -0.4 is 4.74 Å². The van der Waals surface area contributed by atoms with Crippen LogP contribution >= 0.6 is 23.4 Å². The molecule has 0 bridgehead atoms. The molecule has 0 amide bonds. The monoisotopic (exact) mass is 390 g/mol. The van der Waals surface area contributed by atoms with Gasteiger partial charge in [0.05, 0.1) is 11.6 Å². The van der Waals surface area contributed by atoms with Crippen molar-refractivity contribution in [2.45, 2.75) is 62.2 Å². The van der Waals surface area contributed by atoms with Crippen molar-refractivity contribution in [1.82, 2.24) is 0 Å². The lowest BCUT2D eigenvalue weighted by atomic mass is 10.1. The second-order valence-corrected chi connectivity index (χ2v) is 7.95. The Balaban J connectivity index is 1.81. The minimum atomic E-state index is 0.0801. The van der Waals surface area contributed by atoms with E-state index in [0.29, 0.717) is 11.6 Å². The van der Waals surface area contributed by atoms with E-state index in [0.717, 1.165) is 27.5 Å². The first-order chi connectivity index (χ1) is 12.6. The molecular formula is C22H27ClO2S. The molecular weight excluding hydrogens is 364 g/mol. The summed E-state index contributed by atoms with van der Waals surface area (Å²) < 4.78 is 5.81. The van der Waals surface area contributed by atoms with Crippen LogP contribution in [0.4, 0.5) is 0 Å². The van der Waals surface area contributed by atoms with Crippen molar-refractivity contribution in [3.63, 3.8) is 0 Å². The maximum Gasteiger partial charge on any atom is 0.159 e. The quantitative estimate of drug-likeness (QED) is 0.294. The third kappa shape index (κ3) is 7.05. The topological polar surface area (TPSA) is 26.3 Å². The van der Waals surface area contributed by atoms with Gasteiger partial charge in [0.25, 0.3) is 0 Å². The SMILES string of the molecule is CCCCCCCCOc1ccc(Sc2ccc(C(C)=O)cc2)cc1Cl. The molecule has 2 rings (SSSR count). The van der Waals surface area contributed by atoms with Gasteiger partial charge in [0.2, 0.25) is 0 Å².